The van der Waals surface area contributed by atoms with E-state index in [2.05, 4.69) is 26.2 Å². The number of hydrogen-bond acceptors (Lipinski definition) is 5. The number of thiazole rings is 1. The van der Waals surface area contributed by atoms with Crippen LogP contribution in [0.5, 0.6) is 0 Å². The maximum absolute atomic E-state index is 12.1. The fourth-order valence-corrected chi connectivity index (χ4v) is 3.96. The van der Waals surface area contributed by atoms with Gasteiger partial charge in [-0.2, -0.15) is 0 Å². The van der Waals surface area contributed by atoms with Crippen molar-refractivity contribution in [3.8, 4) is 0 Å². The number of anilines is 1. The fourth-order valence-electron chi connectivity index (χ4n) is 1.80. The molecule has 4 nitrogen and oxygen atoms in total. The minimum absolute atomic E-state index is 0.0941. The maximum Gasteiger partial charge on any atom is 0.251 e. The highest BCUT2D eigenvalue weighted by Crippen LogP contribution is 2.24. The zero-order valence-electron chi connectivity index (χ0n) is 10.2. The Bertz CT molecular complexity index is 781. The number of nitrogen functional groups attached to an aromatic ring is 1. The van der Waals surface area contributed by atoms with Gasteiger partial charge in [0, 0.05) is 20.3 Å². The first-order valence-electron chi connectivity index (χ1n) is 5.79. The van der Waals surface area contributed by atoms with Gasteiger partial charge in [-0.15, -0.1) is 11.3 Å². The molecule has 3 aromatic rings. The molecule has 2 aromatic heterocycles. The summed E-state index contributed by atoms with van der Waals surface area (Å²) in [7, 11) is 0. The minimum atomic E-state index is -0.0941. The molecule has 0 bridgehead atoms. The van der Waals surface area contributed by atoms with E-state index in [-0.39, 0.29) is 5.91 Å². The molecule has 20 heavy (non-hydrogen) atoms. The molecule has 0 saturated carbocycles. The van der Waals surface area contributed by atoms with E-state index in [0.29, 0.717) is 17.2 Å². The highest BCUT2D eigenvalue weighted by Gasteiger charge is 2.09. The van der Waals surface area contributed by atoms with Crippen LogP contribution in [0, 0.1) is 0 Å². The third-order valence-corrected chi connectivity index (χ3v) is 5.26. The maximum atomic E-state index is 12.1. The lowest BCUT2D eigenvalue weighted by Gasteiger charge is -2.03. The van der Waals surface area contributed by atoms with Crippen LogP contribution >= 0.6 is 38.6 Å². The molecule has 1 amide bonds. The summed E-state index contributed by atoms with van der Waals surface area (Å²) < 4.78 is 1.96. The Morgan fingerprint density at radius 2 is 2.25 bits per heavy atom. The van der Waals surface area contributed by atoms with Crippen molar-refractivity contribution in [3.05, 3.63) is 44.6 Å². The topological polar surface area (TPSA) is 68.0 Å². The van der Waals surface area contributed by atoms with Gasteiger partial charge in [-0.05, 0) is 40.2 Å². The summed E-state index contributed by atoms with van der Waals surface area (Å²) in [6.07, 6.45) is 0. The molecule has 2 heterocycles. The molecule has 0 atom stereocenters. The summed E-state index contributed by atoms with van der Waals surface area (Å²) in [4.78, 5) is 17.4. The summed E-state index contributed by atoms with van der Waals surface area (Å²) >= 11 is 6.38. The third kappa shape index (κ3) is 2.84. The van der Waals surface area contributed by atoms with Crippen molar-refractivity contribution in [1.29, 1.82) is 0 Å². The van der Waals surface area contributed by atoms with Crippen molar-refractivity contribution in [2.45, 2.75) is 6.54 Å². The van der Waals surface area contributed by atoms with Crippen LogP contribution in [0.4, 0.5) is 5.13 Å². The molecular weight excluding hydrogens is 358 g/mol. The molecule has 0 unspecified atom stereocenters. The summed E-state index contributed by atoms with van der Waals surface area (Å²) in [6.45, 7) is 0.526. The van der Waals surface area contributed by atoms with E-state index in [4.69, 9.17) is 5.73 Å². The number of benzene rings is 1. The Labute approximate surface area is 131 Å². The number of hydrogen-bond donors (Lipinski definition) is 2. The number of fused-ring (bicyclic) bond motifs is 1. The summed E-state index contributed by atoms with van der Waals surface area (Å²) in [6, 6.07) is 7.40. The Balaban J connectivity index is 1.74. The van der Waals surface area contributed by atoms with Gasteiger partial charge >= 0.3 is 0 Å². The second kappa shape index (κ2) is 5.51. The van der Waals surface area contributed by atoms with Crippen molar-refractivity contribution in [2.24, 2.45) is 0 Å². The number of thiophene rings is 1. The molecule has 3 N–H and O–H groups in total. The van der Waals surface area contributed by atoms with Gasteiger partial charge in [-0.25, -0.2) is 4.98 Å². The van der Waals surface area contributed by atoms with Crippen molar-refractivity contribution in [1.82, 2.24) is 10.3 Å². The summed E-state index contributed by atoms with van der Waals surface area (Å²) in [5.74, 6) is -0.0941. The van der Waals surface area contributed by atoms with Crippen LogP contribution in [0.2, 0.25) is 0 Å². The molecule has 1 aromatic carbocycles. The highest BCUT2D eigenvalue weighted by molar-refractivity contribution is 9.10. The van der Waals surface area contributed by atoms with E-state index < -0.39 is 0 Å². The number of nitrogens with two attached hydrogens (primary N) is 1. The van der Waals surface area contributed by atoms with Crippen molar-refractivity contribution >= 4 is 59.9 Å². The molecule has 7 heteroatoms. The van der Waals surface area contributed by atoms with Crippen molar-refractivity contribution < 1.29 is 4.79 Å². The number of carbonyl (C=O) groups excluding carboxylic acids is 1. The second-order valence-electron chi connectivity index (χ2n) is 4.15. The second-order valence-corrected chi connectivity index (χ2v) is 7.12. The van der Waals surface area contributed by atoms with E-state index >= 15 is 0 Å². The predicted molar refractivity (Wildman–Crippen MR) is 87.2 cm³/mol. The average Bonchev–Trinajstić information content (AvgIpc) is 2.99. The van der Waals surface area contributed by atoms with Gasteiger partial charge in [0.1, 0.15) is 0 Å². The Kier molecular flexibility index (Phi) is 3.73. The van der Waals surface area contributed by atoms with Gasteiger partial charge in [-0.3, -0.25) is 4.79 Å². The number of carbonyl (C=O) groups is 1. The molecule has 102 valence electrons. The molecule has 0 saturated heterocycles. The van der Waals surface area contributed by atoms with E-state index in [1.807, 2.05) is 23.6 Å². The van der Waals surface area contributed by atoms with E-state index in [9.17, 15) is 4.79 Å². The molecule has 0 spiro atoms. The molecule has 0 aliphatic heterocycles. The lowest BCUT2D eigenvalue weighted by Crippen LogP contribution is -2.22. The number of amides is 1. The van der Waals surface area contributed by atoms with Crippen LogP contribution in [0.15, 0.2) is 34.1 Å². The van der Waals surface area contributed by atoms with Crippen LogP contribution in [0.25, 0.3) is 10.2 Å². The average molecular weight is 368 g/mol. The van der Waals surface area contributed by atoms with Gasteiger partial charge in [0.2, 0.25) is 0 Å². The number of nitrogens with one attached hydrogen (secondary N) is 1. The van der Waals surface area contributed by atoms with Gasteiger partial charge in [-0.1, -0.05) is 11.3 Å². The lowest BCUT2D eigenvalue weighted by atomic mass is 10.2. The third-order valence-electron chi connectivity index (χ3n) is 2.71. The van der Waals surface area contributed by atoms with Crippen LogP contribution in [0.3, 0.4) is 0 Å². The monoisotopic (exact) mass is 367 g/mol. The van der Waals surface area contributed by atoms with Crippen molar-refractivity contribution in [3.63, 3.8) is 0 Å². The molecular formula is C13H10BrN3OS2. The van der Waals surface area contributed by atoms with Gasteiger partial charge in [0.05, 0.1) is 16.8 Å². The Hall–Kier alpha value is -1.44. The zero-order valence-corrected chi connectivity index (χ0v) is 13.4. The fraction of sp³-hybridized carbons (Fsp3) is 0.0769. The van der Waals surface area contributed by atoms with Gasteiger partial charge in [0.15, 0.2) is 5.13 Å². The van der Waals surface area contributed by atoms with E-state index in [1.54, 1.807) is 17.4 Å². The first-order valence-corrected chi connectivity index (χ1v) is 8.28. The first kappa shape index (κ1) is 13.5. The number of rotatable bonds is 3. The standard InChI is InChI=1S/C13H10BrN3OS2/c14-8-4-9(19-6-8)5-16-12(18)7-1-2-10-11(3-7)20-13(15)17-10/h1-4,6H,5H2,(H2,15,17)(H,16,18). The molecule has 0 aliphatic carbocycles. The Morgan fingerprint density at radius 1 is 1.40 bits per heavy atom. The lowest BCUT2D eigenvalue weighted by molar-refractivity contribution is 0.0951. The SMILES string of the molecule is Nc1nc2ccc(C(=O)NCc3cc(Br)cs3)cc2s1. The van der Waals surface area contributed by atoms with Crippen LogP contribution in [-0.4, -0.2) is 10.9 Å². The minimum Gasteiger partial charge on any atom is -0.375 e. The van der Waals surface area contributed by atoms with Crippen molar-refractivity contribution in [2.75, 3.05) is 5.73 Å². The molecule has 0 radical (unpaired) electrons. The van der Waals surface area contributed by atoms with E-state index in [1.165, 1.54) is 11.3 Å². The normalized spacial score (nSPS) is 10.8. The van der Waals surface area contributed by atoms with Crippen LogP contribution in [-0.2, 0) is 6.54 Å². The molecule has 0 fully saturated rings. The summed E-state index contributed by atoms with van der Waals surface area (Å²) in [5.41, 5.74) is 7.10. The van der Waals surface area contributed by atoms with Gasteiger partial charge < -0.3 is 11.1 Å². The number of nitrogens with zero attached hydrogens (tertiary/aromatic N) is 1. The van der Waals surface area contributed by atoms with E-state index in [0.717, 1.165) is 19.6 Å². The van der Waals surface area contributed by atoms with Crippen LogP contribution < -0.4 is 11.1 Å². The largest absolute Gasteiger partial charge is 0.375 e. The number of aromatic nitrogens is 1. The number of halogens is 1. The van der Waals surface area contributed by atoms with Crippen LogP contribution in [0.1, 0.15) is 15.2 Å². The molecule has 0 aliphatic rings. The quantitative estimate of drug-likeness (QED) is 0.742. The first-order chi connectivity index (χ1) is 9.61. The zero-order chi connectivity index (χ0) is 14.1. The smallest absolute Gasteiger partial charge is 0.251 e. The summed E-state index contributed by atoms with van der Waals surface area (Å²) in [5, 5.41) is 5.41. The molecule has 3 rings (SSSR count). The highest BCUT2D eigenvalue weighted by atomic mass is 79.9. The Morgan fingerprint density at radius 3 is 3.00 bits per heavy atom. The predicted octanol–water partition coefficient (Wildman–Crippen LogP) is 3.63. The van der Waals surface area contributed by atoms with Gasteiger partial charge in [0.25, 0.3) is 5.91 Å².